The largest absolute Gasteiger partial charge is 0.356 e. The van der Waals surface area contributed by atoms with E-state index in [1.165, 1.54) is 16.3 Å². The Morgan fingerprint density at radius 3 is 2.72 bits per heavy atom. The van der Waals surface area contributed by atoms with Gasteiger partial charge in [0.15, 0.2) is 0 Å². The van der Waals surface area contributed by atoms with Gasteiger partial charge >= 0.3 is 0 Å². The average molecular weight is 235 g/mol. The fraction of sp³-hybridized carbons (Fsp3) is 0.0588. The highest BCUT2D eigenvalue weighted by atomic mass is 14.9. The van der Waals surface area contributed by atoms with Crippen molar-refractivity contribution in [3.05, 3.63) is 79.0 Å². The number of nitrogens with one attached hydrogen (secondary N) is 1. The minimum atomic E-state index is 0.855. The molecule has 0 aromatic heterocycles. The van der Waals surface area contributed by atoms with Gasteiger partial charge < -0.3 is 5.32 Å². The van der Waals surface area contributed by atoms with Crippen molar-refractivity contribution < 1.29 is 0 Å². The van der Waals surface area contributed by atoms with Crippen molar-refractivity contribution in [3.8, 4) is 0 Å². The molecule has 0 aliphatic rings. The highest BCUT2D eigenvalue weighted by Gasteiger charge is 2.02. The van der Waals surface area contributed by atoms with Crippen molar-refractivity contribution >= 4 is 16.5 Å². The Morgan fingerprint density at radius 2 is 1.94 bits per heavy atom. The molecule has 0 atom stereocenters. The van der Waals surface area contributed by atoms with E-state index in [1.54, 1.807) is 6.08 Å². The van der Waals surface area contributed by atoms with Gasteiger partial charge in [0.2, 0.25) is 0 Å². The van der Waals surface area contributed by atoms with Gasteiger partial charge in [-0.1, -0.05) is 55.6 Å². The van der Waals surface area contributed by atoms with E-state index in [1.807, 2.05) is 12.2 Å². The third-order valence-corrected chi connectivity index (χ3v) is 2.93. The number of allylic oxidation sites excluding steroid dienone is 3. The van der Waals surface area contributed by atoms with Gasteiger partial charge in [-0.2, -0.15) is 0 Å². The van der Waals surface area contributed by atoms with Gasteiger partial charge in [-0.05, 0) is 35.4 Å². The zero-order valence-corrected chi connectivity index (χ0v) is 10.6. The van der Waals surface area contributed by atoms with Gasteiger partial charge in [0.05, 0.1) is 0 Å². The Balaban J connectivity index is 2.34. The van der Waals surface area contributed by atoms with Gasteiger partial charge in [-0.25, -0.2) is 0 Å². The van der Waals surface area contributed by atoms with E-state index >= 15 is 0 Å². The molecule has 0 amide bonds. The Morgan fingerprint density at radius 1 is 1.17 bits per heavy atom. The molecule has 0 spiro atoms. The predicted octanol–water partition coefficient (Wildman–Crippen LogP) is 4.82. The van der Waals surface area contributed by atoms with Crippen molar-refractivity contribution in [2.75, 3.05) is 5.32 Å². The van der Waals surface area contributed by atoms with Gasteiger partial charge in [-0.15, -0.1) is 0 Å². The normalized spacial score (nSPS) is 10.7. The molecule has 0 fully saturated rings. The number of hydrogen-bond donors (Lipinski definition) is 1. The topological polar surface area (TPSA) is 12.0 Å². The van der Waals surface area contributed by atoms with E-state index in [2.05, 4.69) is 61.8 Å². The molecule has 18 heavy (non-hydrogen) atoms. The maximum absolute atomic E-state index is 3.96. The van der Waals surface area contributed by atoms with Crippen LogP contribution < -0.4 is 5.32 Å². The summed E-state index contributed by atoms with van der Waals surface area (Å²) >= 11 is 0. The van der Waals surface area contributed by atoms with Crippen molar-refractivity contribution in [3.63, 3.8) is 0 Å². The number of aryl methyl sites for hydroxylation is 1. The van der Waals surface area contributed by atoms with Crippen LogP contribution in [0.5, 0.6) is 0 Å². The van der Waals surface area contributed by atoms with Gasteiger partial charge in [0.1, 0.15) is 0 Å². The summed E-state index contributed by atoms with van der Waals surface area (Å²) in [5, 5.41) is 5.83. The molecule has 0 unspecified atom stereocenters. The summed E-state index contributed by atoms with van der Waals surface area (Å²) in [5.41, 5.74) is 3.18. The Hall–Kier alpha value is -2.28. The van der Waals surface area contributed by atoms with E-state index in [-0.39, 0.29) is 0 Å². The van der Waals surface area contributed by atoms with Gasteiger partial charge in [0.25, 0.3) is 0 Å². The Bertz CT molecular complexity index is 621. The van der Waals surface area contributed by atoms with Crippen LogP contribution in [-0.2, 0) is 0 Å². The smallest absolute Gasteiger partial charge is 0.0420 e. The van der Waals surface area contributed by atoms with Crippen LogP contribution in [-0.4, -0.2) is 0 Å². The van der Waals surface area contributed by atoms with Crippen LogP contribution in [0.15, 0.2) is 73.5 Å². The molecule has 2 rings (SSSR count). The van der Waals surface area contributed by atoms with Gasteiger partial charge in [0, 0.05) is 11.4 Å². The summed E-state index contributed by atoms with van der Waals surface area (Å²) < 4.78 is 0. The maximum Gasteiger partial charge on any atom is 0.0420 e. The lowest BCUT2D eigenvalue weighted by molar-refractivity contribution is 1.43. The molecule has 0 radical (unpaired) electrons. The number of rotatable bonds is 4. The highest BCUT2D eigenvalue weighted by Crippen LogP contribution is 2.26. The molecule has 2 aromatic carbocycles. The quantitative estimate of drug-likeness (QED) is 0.749. The first-order chi connectivity index (χ1) is 8.72. The van der Waals surface area contributed by atoms with E-state index in [4.69, 9.17) is 0 Å². The average Bonchev–Trinajstić information content (AvgIpc) is 2.40. The summed E-state index contributed by atoms with van der Waals surface area (Å²) in [6.07, 6.45) is 5.51. The lowest BCUT2D eigenvalue weighted by Crippen LogP contribution is -1.97. The van der Waals surface area contributed by atoms with Crippen LogP contribution in [0.25, 0.3) is 10.8 Å². The first kappa shape index (κ1) is 12.2. The molecule has 0 saturated carbocycles. The van der Waals surface area contributed by atoms with Gasteiger partial charge in [-0.3, -0.25) is 0 Å². The Kier molecular flexibility index (Phi) is 3.63. The zero-order valence-electron chi connectivity index (χ0n) is 10.6. The van der Waals surface area contributed by atoms with Crippen LogP contribution in [0, 0.1) is 6.92 Å². The van der Waals surface area contributed by atoms with Crippen LogP contribution in [0.1, 0.15) is 5.56 Å². The third-order valence-electron chi connectivity index (χ3n) is 2.93. The van der Waals surface area contributed by atoms with E-state index < -0.39 is 0 Å². The molecular formula is C17H17N. The summed E-state index contributed by atoms with van der Waals surface area (Å²) in [6.45, 7) is 9.73. The summed E-state index contributed by atoms with van der Waals surface area (Å²) in [6, 6.07) is 12.6. The standard InChI is InChI=1S/C17H17N/c1-4-5-8-13(2)18-17-12-11-15-9-6-7-10-16(15)14(17)3/h4-12,18H,1-2H2,3H3/b8-5-. The second-order valence-electron chi connectivity index (χ2n) is 4.20. The van der Waals surface area contributed by atoms with Crippen molar-refractivity contribution in [2.24, 2.45) is 0 Å². The summed E-state index contributed by atoms with van der Waals surface area (Å²) in [5.74, 6) is 0. The first-order valence-electron chi connectivity index (χ1n) is 5.96. The molecule has 1 heteroatoms. The molecule has 0 saturated heterocycles. The fourth-order valence-corrected chi connectivity index (χ4v) is 1.96. The summed E-state index contributed by atoms with van der Waals surface area (Å²) in [4.78, 5) is 0. The van der Waals surface area contributed by atoms with Crippen molar-refractivity contribution in [2.45, 2.75) is 6.92 Å². The second kappa shape index (κ2) is 5.37. The predicted molar refractivity (Wildman–Crippen MR) is 80.8 cm³/mol. The lowest BCUT2D eigenvalue weighted by atomic mass is 10.0. The number of fused-ring (bicyclic) bond motifs is 1. The summed E-state index contributed by atoms with van der Waals surface area (Å²) in [7, 11) is 0. The molecule has 1 N–H and O–H groups in total. The molecule has 0 heterocycles. The van der Waals surface area contributed by atoms with E-state index in [0.29, 0.717) is 0 Å². The first-order valence-corrected chi connectivity index (χ1v) is 5.96. The SMILES string of the molecule is C=C/C=C\C(=C)Nc1ccc2ccccc2c1C. The molecule has 0 aliphatic carbocycles. The highest BCUT2D eigenvalue weighted by molar-refractivity contribution is 5.90. The van der Waals surface area contributed by atoms with Crippen LogP contribution in [0.2, 0.25) is 0 Å². The van der Waals surface area contributed by atoms with Crippen molar-refractivity contribution in [1.29, 1.82) is 0 Å². The zero-order chi connectivity index (χ0) is 13.0. The minimum Gasteiger partial charge on any atom is -0.356 e. The molecule has 0 bridgehead atoms. The molecule has 0 aliphatic heterocycles. The molecule has 1 nitrogen and oxygen atoms in total. The number of anilines is 1. The maximum atomic E-state index is 3.96. The number of hydrogen-bond acceptors (Lipinski definition) is 1. The van der Waals surface area contributed by atoms with Crippen molar-refractivity contribution in [1.82, 2.24) is 0 Å². The molecule has 90 valence electrons. The van der Waals surface area contributed by atoms with E-state index in [0.717, 1.165) is 11.4 Å². The number of benzene rings is 2. The third kappa shape index (κ3) is 2.51. The monoisotopic (exact) mass is 235 g/mol. The van der Waals surface area contributed by atoms with Crippen LogP contribution in [0.3, 0.4) is 0 Å². The molecular weight excluding hydrogens is 218 g/mol. The Labute approximate surface area is 108 Å². The lowest BCUT2D eigenvalue weighted by Gasteiger charge is -2.11. The molecule has 2 aromatic rings. The van der Waals surface area contributed by atoms with E-state index in [9.17, 15) is 0 Å². The fourth-order valence-electron chi connectivity index (χ4n) is 1.96. The van der Waals surface area contributed by atoms with Crippen LogP contribution >= 0.6 is 0 Å². The van der Waals surface area contributed by atoms with Crippen LogP contribution in [0.4, 0.5) is 5.69 Å². The second-order valence-corrected chi connectivity index (χ2v) is 4.20. The minimum absolute atomic E-state index is 0.855.